The second kappa shape index (κ2) is 6.42. The lowest BCUT2D eigenvalue weighted by Crippen LogP contribution is -2.16. The van der Waals surface area contributed by atoms with E-state index >= 15 is 0 Å². The maximum atomic E-state index is 3.62. The van der Waals surface area contributed by atoms with Crippen molar-refractivity contribution in [2.24, 2.45) is 0 Å². The van der Waals surface area contributed by atoms with Gasteiger partial charge in [0.05, 0.1) is 0 Å². The van der Waals surface area contributed by atoms with E-state index in [2.05, 4.69) is 74.6 Å². The minimum Gasteiger partial charge on any atom is -0.382 e. The van der Waals surface area contributed by atoms with Gasteiger partial charge in [0.25, 0.3) is 0 Å². The van der Waals surface area contributed by atoms with Gasteiger partial charge in [-0.1, -0.05) is 42.5 Å². The molecule has 0 amide bonds. The first-order valence-corrected chi connectivity index (χ1v) is 7.03. The van der Waals surface area contributed by atoms with Crippen LogP contribution in [0.2, 0.25) is 0 Å². The summed E-state index contributed by atoms with van der Waals surface area (Å²) in [5.74, 6) is 0. The molecule has 0 aliphatic rings. The van der Waals surface area contributed by atoms with Crippen LogP contribution in [0.1, 0.15) is 30.0 Å². The summed E-state index contributed by atoms with van der Waals surface area (Å²) in [6.45, 7) is 6.55. The third-order valence-corrected chi connectivity index (χ3v) is 3.50. The van der Waals surface area contributed by atoms with Gasteiger partial charge >= 0.3 is 0 Å². The first kappa shape index (κ1) is 13.7. The van der Waals surface area contributed by atoms with E-state index in [0.717, 1.165) is 12.8 Å². The molecule has 1 heteroatoms. The van der Waals surface area contributed by atoms with Crippen molar-refractivity contribution in [2.75, 3.05) is 5.32 Å². The average Bonchev–Trinajstić information content (AvgIpc) is 2.42. The van der Waals surface area contributed by atoms with Gasteiger partial charge in [0.15, 0.2) is 0 Å². The number of anilines is 1. The van der Waals surface area contributed by atoms with Gasteiger partial charge in [-0.25, -0.2) is 0 Å². The molecule has 0 heterocycles. The molecular weight excluding hydrogens is 230 g/mol. The lowest BCUT2D eigenvalue weighted by Gasteiger charge is -2.17. The predicted octanol–water partition coefficient (Wildman–Crippen LogP) is 4.74. The summed E-state index contributed by atoms with van der Waals surface area (Å²) in [6, 6.07) is 17.7. The van der Waals surface area contributed by atoms with Crippen LogP contribution in [0.5, 0.6) is 0 Å². The van der Waals surface area contributed by atoms with E-state index in [9.17, 15) is 0 Å². The Morgan fingerprint density at radius 2 is 1.74 bits per heavy atom. The van der Waals surface area contributed by atoms with Crippen LogP contribution < -0.4 is 5.32 Å². The van der Waals surface area contributed by atoms with Crippen molar-refractivity contribution in [3.8, 4) is 0 Å². The van der Waals surface area contributed by atoms with Crippen molar-refractivity contribution in [3.63, 3.8) is 0 Å². The fourth-order valence-electron chi connectivity index (χ4n) is 2.26. The van der Waals surface area contributed by atoms with Crippen LogP contribution in [0.4, 0.5) is 5.69 Å². The Hall–Kier alpha value is -1.76. The predicted molar refractivity (Wildman–Crippen MR) is 83.8 cm³/mol. The summed E-state index contributed by atoms with van der Waals surface area (Å²) in [7, 11) is 0. The van der Waals surface area contributed by atoms with Crippen molar-refractivity contribution in [2.45, 2.75) is 39.7 Å². The van der Waals surface area contributed by atoms with Gasteiger partial charge in [0.1, 0.15) is 0 Å². The SMILES string of the molecule is Cc1ccc(C)c(NC(C)CCc2ccccc2)c1. The summed E-state index contributed by atoms with van der Waals surface area (Å²) in [5, 5.41) is 3.62. The van der Waals surface area contributed by atoms with Gasteiger partial charge in [-0.05, 0) is 56.4 Å². The van der Waals surface area contributed by atoms with Crippen LogP contribution in [0.3, 0.4) is 0 Å². The van der Waals surface area contributed by atoms with Crippen LogP contribution in [0, 0.1) is 13.8 Å². The minimum atomic E-state index is 0.487. The average molecular weight is 253 g/mol. The number of aryl methyl sites for hydroxylation is 3. The molecule has 1 atom stereocenters. The molecule has 0 bridgehead atoms. The first-order chi connectivity index (χ1) is 9.15. The fraction of sp³-hybridized carbons (Fsp3) is 0.333. The van der Waals surface area contributed by atoms with E-state index < -0.39 is 0 Å². The highest BCUT2D eigenvalue weighted by atomic mass is 14.9. The summed E-state index contributed by atoms with van der Waals surface area (Å²) in [5.41, 5.74) is 5.30. The van der Waals surface area contributed by atoms with E-state index in [1.807, 2.05) is 0 Å². The molecule has 19 heavy (non-hydrogen) atoms. The molecular formula is C18H23N. The zero-order valence-corrected chi connectivity index (χ0v) is 12.1. The first-order valence-electron chi connectivity index (χ1n) is 7.03. The number of rotatable bonds is 5. The molecule has 0 saturated heterocycles. The molecule has 1 unspecified atom stereocenters. The Kier molecular flexibility index (Phi) is 4.62. The monoisotopic (exact) mass is 253 g/mol. The summed E-state index contributed by atoms with van der Waals surface area (Å²) in [6.07, 6.45) is 2.28. The highest BCUT2D eigenvalue weighted by Gasteiger charge is 2.05. The Morgan fingerprint density at radius 3 is 2.47 bits per heavy atom. The number of nitrogens with one attached hydrogen (secondary N) is 1. The largest absolute Gasteiger partial charge is 0.382 e. The van der Waals surface area contributed by atoms with Gasteiger partial charge in [0, 0.05) is 11.7 Å². The van der Waals surface area contributed by atoms with E-state index in [4.69, 9.17) is 0 Å². The lowest BCUT2D eigenvalue weighted by molar-refractivity contribution is 0.705. The maximum Gasteiger partial charge on any atom is 0.0374 e. The number of hydrogen-bond acceptors (Lipinski definition) is 1. The van der Waals surface area contributed by atoms with Gasteiger partial charge in [0.2, 0.25) is 0 Å². The van der Waals surface area contributed by atoms with Crippen molar-refractivity contribution >= 4 is 5.69 Å². The number of hydrogen-bond donors (Lipinski definition) is 1. The normalized spacial score (nSPS) is 12.2. The van der Waals surface area contributed by atoms with Crippen molar-refractivity contribution in [3.05, 3.63) is 65.2 Å². The maximum absolute atomic E-state index is 3.62. The topological polar surface area (TPSA) is 12.0 Å². The molecule has 0 aliphatic heterocycles. The molecule has 100 valence electrons. The van der Waals surface area contributed by atoms with Gasteiger partial charge in [-0.15, -0.1) is 0 Å². The molecule has 0 spiro atoms. The highest BCUT2D eigenvalue weighted by Crippen LogP contribution is 2.18. The molecule has 0 aliphatic carbocycles. The van der Waals surface area contributed by atoms with Crippen LogP contribution in [0.25, 0.3) is 0 Å². The highest BCUT2D eigenvalue weighted by molar-refractivity contribution is 5.53. The van der Waals surface area contributed by atoms with Gasteiger partial charge < -0.3 is 5.32 Å². The van der Waals surface area contributed by atoms with Crippen LogP contribution in [0.15, 0.2) is 48.5 Å². The zero-order valence-electron chi connectivity index (χ0n) is 12.1. The van der Waals surface area contributed by atoms with Crippen molar-refractivity contribution < 1.29 is 0 Å². The Morgan fingerprint density at radius 1 is 1.00 bits per heavy atom. The Labute approximate surface area is 116 Å². The lowest BCUT2D eigenvalue weighted by atomic mass is 10.0. The molecule has 2 aromatic rings. The van der Waals surface area contributed by atoms with Crippen LogP contribution >= 0.6 is 0 Å². The van der Waals surface area contributed by atoms with Crippen LogP contribution in [-0.2, 0) is 6.42 Å². The summed E-state index contributed by atoms with van der Waals surface area (Å²) in [4.78, 5) is 0. The molecule has 2 aromatic carbocycles. The Balaban J connectivity index is 1.90. The summed E-state index contributed by atoms with van der Waals surface area (Å²) >= 11 is 0. The van der Waals surface area contributed by atoms with Crippen molar-refractivity contribution in [1.82, 2.24) is 0 Å². The molecule has 0 saturated carbocycles. The zero-order chi connectivity index (χ0) is 13.7. The van der Waals surface area contributed by atoms with Gasteiger partial charge in [-0.3, -0.25) is 0 Å². The molecule has 0 aromatic heterocycles. The Bertz CT molecular complexity index is 516. The fourth-order valence-corrected chi connectivity index (χ4v) is 2.26. The van der Waals surface area contributed by atoms with E-state index in [-0.39, 0.29) is 0 Å². The van der Waals surface area contributed by atoms with Crippen LogP contribution in [-0.4, -0.2) is 6.04 Å². The molecule has 0 fully saturated rings. The van der Waals surface area contributed by atoms with E-state index in [1.165, 1.54) is 22.4 Å². The molecule has 0 radical (unpaired) electrons. The summed E-state index contributed by atoms with van der Waals surface area (Å²) < 4.78 is 0. The molecule has 1 N–H and O–H groups in total. The molecule has 1 nitrogen and oxygen atoms in total. The van der Waals surface area contributed by atoms with Crippen molar-refractivity contribution in [1.29, 1.82) is 0 Å². The second-order valence-electron chi connectivity index (χ2n) is 5.39. The van der Waals surface area contributed by atoms with E-state index in [1.54, 1.807) is 0 Å². The quantitative estimate of drug-likeness (QED) is 0.811. The van der Waals surface area contributed by atoms with E-state index in [0.29, 0.717) is 6.04 Å². The third-order valence-electron chi connectivity index (χ3n) is 3.50. The van der Waals surface area contributed by atoms with Gasteiger partial charge in [-0.2, -0.15) is 0 Å². The minimum absolute atomic E-state index is 0.487. The third kappa shape index (κ3) is 4.13. The smallest absolute Gasteiger partial charge is 0.0374 e. The number of benzene rings is 2. The molecule has 2 rings (SSSR count). The standard InChI is InChI=1S/C18H23N/c1-14-9-10-15(2)18(13-14)19-16(3)11-12-17-7-5-4-6-8-17/h4-10,13,16,19H,11-12H2,1-3H3. The second-order valence-corrected chi connectivity index (χ2v) is 5.39.